The van der Waals surface area contributed by atoms with Gasteiger partial charge in [0.05, 0.1) is 21.2 Å². The molecule has 0 aliphatic rings. The maximum absolute atomic E-state index is 12.4. The second-order valence-corrected chi connectivity index (χ2v) is 9.31. The lowest BCUT2D eigenvalue weighted by molar-refractivity contribution is 0.587. The molecule has 0 aliphatic heterocycles. The third kappa shape index (κ3) is 3.26. The van der Waals surface area contributed by atoms with E-state index in [0.717, 1.165) is 33.5 Å². The van der Waals surface area contributed by atoms with E-state index in [1.165, 1.54) is 0 Å². The normalized spacial score (nSPS) is 12.0. The molecule has 0 unspecified atom stereocenters. The number of hydrogen-bond acceptors (Lipinski definition) is 3. The van der Waals surface area contributed by atoms with Gasteiger partial charge >= 0.3 is 0 Å². The Kier molecular flexibility index (Phi) is 4.32. The van der Waals surface area contributed by atoms with Crippen molar-refractivity contribution in [2.24, 2.45) is 0 Å². The summed E-state index contributed by atoms with van der Waals surface area (Å²) in [6.07, 6.45) is 0. The largest absolute Gasteiger partial charge is 0.338 e. The zero-order chi connectivity index (χ0) is 19.0. The molecule has 0 bridgehead atoms. The SMILES string of the molecule is CC(C)S(=O)(=O)c1ccc2nc(-c3cccc(-c4ccccc4)c3)[nH]c2c1. The molecule has 1 heterocycles. The highest BCUT2D eigenvalue weighted by Crippen LogP contribution is 2.27. The van der Waals surface area contributed by atoms with Crippen molar-refractivity contribution < 1.29 is 8.42 Å². The minimum atomic E-state index is -3.31. The molecular formula is C22H20N2O2S. The van der Waals surface area contributed by atoms with Gasteiger partial charge in [-0.15, -0.1) is 0 Å². The lowest BCUT2D eigenvalue weighted by atomic mass is 10.0. The molecule has 0 radical (unpaired) electrons. The average molecular weight is 376 g/mol. The first-order chi connectivity index (χ1) is 12.9. The fourth-order valence-electron chi connectivity index (χ4n) is 3.05. The Morgan fingerprint density at radius 1 is 0.815 bits per heavy atom. The topological polar surface area (TPSA) is 62.8 Å². The molecule has 3 aromatic carbocycles. The lowest BCUT2D eigenvalue weighted by Gasteiger charge is -2.07. The molecule has 136 valence electrons. The number of aromatic nitrogens is 2. The van der Waals surface area contributed by atoms with Crippen LogP contribution in [-0.2, 0) is 9.84 Å². The molecule has 1 aromatic heterocycles. The first kappa shape index (κ1) is 17.5. The van der Waals surface area contributed by atoms with Crippen molar-refractivity contribution in [3.63, 3.8) is 0 Å². The molecule has 0 atom stereocenters. The van der Waals surface area contributed by atoms with Crippen LogP contribution in [0.5, 0.6) is 0 Å². The third-order valence-corrected chi connectivity index (χ3v) is 6.80. The molecule has 0 amide bonds. The fourth-order valence-corrected chi connectivity index (χ4v) is 4.14. The van der Waals surface area contributed by atoms with E-state index >= 15 is 0 Å². The maximum atomic E-state index is 12.4. The summed E-state index contributed by atoms with van der Waals surface area (Å²) >= 11 is 0. The smallest absolute Gasteiger partial charge is 0.180 e. The molecule has 27 heavy (non-hydrogen) atoms. The van der Waals surface area contributed by atoms with Crippen LogP contribution < -0.4 is 0 Å². The Morgan fingerprint density at radius 3 is 2.26 bits per heavy atom. The molecule has 5 heteroatoms. The van der Waals surface area contributed by atoms with Crippen molar-refractivity contribution in [1.82, 2.24) is 9.97 Å². The van der Waals surface area contributed by atoms with Crippen LogP contribution in [0, 0.1) is 0 Å². The van der Waals surface area contributed by atoms with Gasteiger partial charge < -0.3 is 4.98 Å². The summed E-state index contributed by atoms with van der Waals surface area (Å²) in [5.41, 5.74) is 4.67. The summed E-state index contributed by atoms with van der Waals surface area (Å²) in [5.74, 6) is 0.724. The van der Waals surface area contributed by atoms with Crippen LogP contribution in [0.3, 0.4) is 0 Å². The van der Waals surface area contributed by atoms with Crippen molar-refractivity contribution in [1.29, 1.82) is 0 Å². The molecule has 0 saturated carbocycles. The molecule has 0 saturated heterocycles. The molecule has 0 aliphatic carbocycles. The van der Waals surface area contributed by atoms with E-state index in [0.29, 0.717) is 4.90 Å². The number of H-pyrrole nitrogens is 1. The van der Waals surface area contributed by atoms with Gasteiger partial charge in [-0.05, 0) is 49.2 Å². The van der Waals surface area contributed by atoms with E-state index in [2.05, 4.69) is 34.2 Å². The van der Waals surface area contributed by atoms with Gasteiger partial charge in [-0.3, -0.25) is 0 Å². The van der Waals surface area contributed by atoms with Crippen LogP contribution in [0.1, 0.15) is 13.8 Å². The third-order valence-electron chi connectivity index (χ3n) is 4.65. The molecule has 4 rings (SSSR count). The number of sulfone groups is 1. The number of imidazole rings is 1. The Morgan fingerprint density at radius 2 is 1.52 bits per heavy atom. The second-order valence-electron chi connectivity index (χ2n) is 6.80. The minimum absolute atomic E-state index is 0.318. The van der Waals surface area contributed by atoms with Crippen molar-refractivity contribution >= 4 is 20.9 Å². The molecule has 4 aromatic rings. The van der Waals surface area contributed by atoms with Gasteiger partial charge in [-0.25, -0.2) is 13.4 Å². The Balaban J connectivity index is 1.77. The average Bonchev–Trinajstić information content (AvgIpc) is 3.12. The Hall–Kier alpha value is -2.92. The van der Waals surface area contributed by atoms with Crippen LogP contribution in [0.2, 0.25) is 0 Å². The number of aromatic amines is 1. The van der Waals surface area contributed by atoms with Gasteiger partial charge in [0.2, 0.25) is 0 Å². The number of fused-ring (bicyclic) bond motifs is 1. The van der Waals surface area contributed by atoms with E-state index in [9.17, 15) is 8.42 Å². The number of nitrogens with one attached hydrogen (secondary N) is 1. The molecular weight excluding hydrogens is 356 g/mol. The summed E-state index contributed by atoms with van der Waals surface area (Å²) in [5, 5.41) is -0.458. The minimum Gasteiger partial charge on any atom is -0.338 e. The van der Waals surface area contributed by atoms with Gasteiger partial charge in [0.15, 0.2) is 9.84 Å². The summed E-state index contributed by atoms with van der Waals surface area (Å²) in [7, 11) is -3.31. The zero-order valence-corrected chi connectivity index (χ0v) is 16.0. The highest BCUT2D eigenvalue weighted by atomic mass is 32.2. The van der Waals surface area contributed by atoms with Gasteiger partial charge in [0.1, 0.15) is 5.82 Å². The van der Waals surface area contributed by atoms with Crippen LogP contribution in [0.25, 0.3) is 33.5 Å². The fraction of sp³-hybridized carbons (Fsp3) is 0.136. The van der Waals surface area contributed by atoms with E-state index < -0.39 is 15.1 Å². The second kappa shape index (κ2) is 6.67. The Labute approximate surface area is 158 Å². The summed E-state index contributed by atoms with van der Waals surface area (Å²) in [6.45, 7) is 3.37. The van der Waals surface area contributed by atoms with Gasteiger partial charge in [0, 0.05) is 5.56 Å². The van der Waals surface area contributed by atoms with Gasteiger partial charge in [-0.1, -0.05) is 48.5 Å². The van der Waals surface area contributed by atoms with Crippen molar-refractivity contribution in [3.05, 3.63) is 72.8 Å². The van der Waals surface area contributed by atoms with Crippen LogP contribution in [0.15, 0.2) is 77.7 Å². The molecule has 0 fully saturated rings. The standard InChI is InChI=1S/C22H20N2O2S/c1-15(2)27(25,26)19-11-12-20-21(14-19)24-22(23-20)18-10-6-9-17(13-18)16-7-4-3-5-8-16/h3-15H,1-2H3,(H,23,24). The molecule has 0 spiro atoms. The van der Waals surface area contributed by atoms with E-state index in [1.54, 1.807) is 32.0 Å². The van der Waals surface area contributed by atoms with E-state index in [4.69, 9.17) is 0 Å². The first-order valence-corrected chi connectivity index (χ1v) is 10.4. The number of rotatable bonds is 4. The summed E-state index contributed by atoms with van der Waals surface area (Å²) in [4.78, 5) is 8.22. The van der Waals surface area contributed by atoms with Gasteiger partial charge in [0.25, 0.3) is 0 Å². The number of benzene rings is 3. The van der Waals surface area contributed by atoms with Crippen molar-refractivity contribution in [2.75, 3.05) is 0 Å². The monoisotopic (exact) mass is 376 g/mol. The van der Waals surface area contributed by atoms with Gasteiger partial charge in [-0.2, -0.15) is 0 Å². The highest BCUT2D eigenvalue weighted by Gasteiger charge is 2.20. The quantitative estimate of drug-likeness (QED) is 0.540. The van der Waals surface area contributed by atoms with Crippen molar-refractivity contribution in [3.8, 4) is 22.5 Å². The summed E-state index contributed by atoms with van der Waals surface area (Å²) in [6, 6.07) is 23.4. The Bertz CT molecular complexity index is 1210. The number of hydrogen-bond donors (Lipinski definition) is 1. The molecule has 1 N–H and O–H groups in total. The molecule has 4 nitrogen and oxygen atoms in total. The predicted octanol–water partition coefficient (Wildman–Crippen LogP) is 5.08. The van der Waals surface area contributed by atoms with Crippen LogP contribution in [0.4, 0.5) is 0 Å². The van der Waals surface area contributed by atoms with Crippen molar-refractivity contribution in [2.45, 2.75) is 24.0 Å². The van der Waals surface area contributed by atoms with E-state index in [-0.39, 0.29) is 0 Å². The number of nitrogens with zero attached hydrogens (tertiary/aromatic N) is 1. The van der Waals surface area contributed by atoms with E-state index in [1.807, 2.05) is 30.3 Å². The summed E-state index contributed by atoms with van der Waals surface area (Å²) < 4.78 is 24.8. The predicted molar refractivity (Wildman–Crippen MR) is 109 cm³/mol. The van der Waals surface area contributed by atoms with Crippen LogP contribution >= 0.6 is 0 Å². The zero-order valence-electron chi connectivity index (χ0n) is 15.2. The maximum Gasteiger partial charge on any atom is 0.180 e. The first-order valence-electron chi connectivity index (χ1n) is 8.85. The van der Waals surface area contributed by atoms with Crippen LogP contribution in [-0.4, -0.2) is 23.6 Å². The highest BCUT2D eigenvalue weighted by molar-refractivity contribution is 7.92. The lowest BCUT2D eigenvalue weighted by Crippen LogP contribution is -2.13.